The molecule has 3 aliphatic rings. The Balaban J connectivity index is 0.964. The summed E-state index contributed by atoms with van der Waals surface area (Å²) in [5.74, 6) is 1.40. The van der Waals surface area contributed by atoms with Crippen molar-refractivity contribution in [1.29, 1.82) is 0 Å². The van der Waals surface area contributed by atoms with Crippen LogP contribution < -0.4 is 9.64 Å². The highest BCUT2D eigenvalue weighted by molar-refractivity contribution is 6.03. The van der Waals surface area contributed by atoms with Crippen molar-refractivity contribution in [2.75, 3.05) is 58.3 Å². The molecule has 3 aliphatic heterocycles. The Morgan fingerprint density at radius 2 is 1.84 bits per heavy atom. The molecule has 0 aliphatic carbocycles. The van der Waals surface area contributed by atoms with E-state index in [1.54, 1.807) is 11.2 Å². The van der Waals surface area contributed by atoms with Gasteiger partial charge < -0.3 is 19.5 Å². The van der Waals surface area contributed by atoms with E-state index in [4.69, 9.17) is 4.74 Å². The third kappa shape index (κ3) is 7.01. The second-order valence-corrected chi connectivity index (χ2v) is 14.1. The van der Waals surface area contributed by atoms with Crippen LogP contribution in [0.3, 0.4) is 0 Å². The molecule has 12 nitrogen and oxygen atoms in total. The summed E-state index contributed by atoms with van der Waals surface area (Å²) in [6, 6.07) is 18.0. The number of likely N-dealkylation sites (tertiary alicyclic amines) is 1. The minimum absolute atomic E-state index is 0.0434. The molecule has 264 valence electrons. The van der Waals surface area contributed by atoms with Gasteiger partial charge in [-0.1, -0.05) is 30.3 Å². The van der Waals surface area contributed by atoms with Gasteiger partial charge in [-0.3, -0.25) is 19.6 Å². The molecule has 1 unspecified atom stereocenters. The van der Waals surface area contributed by atoms with Crippen molar-refractivity contribution >= 4 is 46.5 Å². The smallest absolute Gasteiger partial charge is 0.237 e. The van der Waals surface area contributed by atoms with Gasteiger partial charge in [-0.25, -0.2) is 9.98 Å². The fourth-order valence-corrected chi connectivity index (χ4v) is 7.41. The summed E-state index contributed by atoms with van der Waals surface area (Å²) in [6.07, 6.45) is 6.28. The molecule has 7 rings (SSSR count). The number of anilines is 1. The predicted octanol–water partition coefficient (Wildman–Crippen LogP) is 5.08. The van der Waals surface area contributed by atoms with Gasteiger partial charge in [0.2, 0.25) is 17.7 Å². The first-order valence-corrected chi connectivity index (χ1v) is 17.6. The lowest BCUT2D eigenvalue weighted by Crippen LogP contribution is -2.43. The first kappa shape index (κ1) is 34.1. The summed E-state index contributed by atoms with van der Waals surface area (Å²) < 4.78 is 5.70. The first-order valence-electron chi connectivity index (χ1n) is 17.6. The third-order valence-corrected chi connectivity index (χ3v) is 10.0. The molecule has 2 saturated heterocycles. The van der Waals surface area contributed by atoms with Crippen LogP contribution in [0.15, 0.2) is 77.0 Å². The maximum absolute atomic E-state index is 14.0. The van der Waals surface area contributed by atoms with E-state index < -0.39 is 5.41 Å². The molecular weight excluding hydrogens is 642 g/mol. The normalized spacial score (nSPS) is 19.7. The highest BCUT2D eigenvalue weighted by Gasteiger charge is 2.51. The monoisotopic (exact) mass is 687 g/mol. The molecule has 2 aromatic heterocycles. The Morgan fingerprint density at radius 3 is 2.53 bits per heavy atom. The van der Waals surface area contributed by atoms with Gasteiger partial charge in [0.15, 0.2) is 5.84 Å². The standard InChI is InChI=1S/C39H45N9O3/c1-26(2)51-34-13-10-30(23-41-34)36-32-22-31(11-12-33(32)42-43-36)48-21-17-39(38(48)50)16-20-46(25-39)24-35(49)47-18-14-28(15-19-47)27-6-8-29(9-7-27)37(40-3)44-45(4)5/h6-14,22-23,26H,3,15-21,24-25H2,1-2,4-5H3,(H,42,43)/b44-37-. The SMILES string of the molecule is C=N/C(=N\N(C)C)c1ccc(C2=CCN(C(=O)CN3CCC4(CCN(c5ccc6[nH]nc(-c7ccc(OC(C)C)nc7)c6c5)C4=O)C3)CC2)cc1. The summed E-state index contributed by atoms with van der Waals surface area (Å²) in [5.41, 5.74) is 6.21. The third-order valence-electron chi connectivity index (χ3n) is 10.0. The predicted molar refractivity (Wildman–Crippen MR) is 201 cm³/mol. The number of amides is 2. The van der Waals surface area contributed by atoms with Crippen LogP contribution in [0.4, 0.5) is 5.69 Å². The van der Waals surface area contributed by atoms with Crippen LogP contribution in [0.5, 0.6) is 5.88 Å². The second kappa shape index (κ2) is 14.1. The van der Waals surface area contributed by atoms with Gasteiger partial charge in [0.05, 0.1) is 23.6 Å². The first-order chi connectivity index (χ1) is 24.6. The Labute approximate surface area is 298 Å². The Morgan fingerprint density at radius 1 is 1.06 bits per heavy atom. The zero-order chi connectivity index (χ0) is 35.7. The van der Waals surface area contributed by atoms with Gasteiger partial charge in [-0.2, -0.15) is 10.2 Å². The van der Waals surface area contributed by atoms with Gasteiger partial charge in [0.1, 0.15) is 5.69 Å². The molecule has 1 spiro atoms. The van der Waals surface area contributed by atoms with E-state index in [2.05, 4.69) is 55.1 Å². The van der Waals surface area contributed by atoms with Gasteiger partial charge in [0, 0.05) is 74.7 Å². The summed E-state index contributed by atoms with van der Waals surface area (Å²) in [4.78, 5) is 42.0. The highest BCUT2D eigenvalue weighted by atomic mass is 16.5. The number of benzene rings is 2. The van der Waals surface area contributed by atoms with Crippen LogP contribution in [0.2, 0.25) is 0 Å². The molecular formula is C39H45N9O3. The van der Waals surface area contributed by atoms with Crippen molar-refractivity contribution < 1.29 is 14.3 Å². The number of rotatable bonds is 9. The summed E-state index contributed by atoms with van der Waals surface area (Å²) in [5, 5.41) is 14.7. The van der Waals surface area contributed by atoms with E-state index >= 15 is 0 Å². The van der Waals surface area contributed by atoms with Crippen LogP contribution in [0.25, 0.3) is 27.7 Å². The number of hydrogen-bond acceptors (Lipinski definition) is 8. The average molecular weight is 688 g/mol. The number of amidine groups is 1. The van der Waals surface area contributed by atoms with E-state index in [0.717, 1.165) is 64.8 Å². The summed E-state index contributed by atoms with van der Waals surface area (Å²) >= 11 is 0. The Bertz CT molecular complexity index is 2000. The lowest BCUT2D eigenvalue weighted by Gasteiger charge is -2.29. The van der Waals surface area contributed by atoms with Crippen molar-refractivity contribution in [2.24, 2.45) is 15.5 Å². The van der Waals surface area contributed by atoms with Gasteiger partial charge >= 0.3 is 0 Å². The van der Waals surface area contributed by atoms with Crippen molar-refractivity contribution in [3.8, 4) is 17.1 Å². The number of ether oxygens (including phenoxy) is 1. The van der Waals surface area contributed by atoms with E-state index in [0.29, 0.717) is 44.4 Å². The zero-order valence-corrected chi connectivity index (χ0v) is 29.8. The molecule has 0 saturated carbocycles. The van der Waals surface area contributed by atoms with Crippen LogP contribution >= 0.6 is 0 Å². The number of aliphatic imine (C=N–C) groups is 1. The number of carbonyl (C=O) groups excluding carboxylic acids is 2. The largest absolute Gasteiger partial charge is 0.475 e. The highest BCUT2D eigenvalue weighted by Crippen LogP contribution is 2.43. The lowest BCUT2D eigenvalue weighted by atomic mass is 9.85. The number of aromatic amines is 1. The van der Waals surface area contributed by atoms with E-state index in [1.165, 1.54) is 5.57 Å². The quantitative estimate of drug-likeness (QED) is 0.148. The van der Waals surface area contributed by atoms with E-state index in [9.17, 15) is 9.59 Å². The summed E-state index contributed by atoms with van der Waals surface area (Å²) in [7, 11) is 3.71. The van der Waals surface area contributed by atoms with Crippen molar-refractivity contribution in [1.82, 2.24) is 30.0 Å². The molecule has 2 aromatic carbocycles. The number of nitrogens with zero attached hydrogens (tertiary/aromatic N) is 8. The fraction of sp³-hybridized carbons (Fsp3) is 0.385. The maximum Gasteiger partial charge on any atom is 0.237 e. The molecule has 5 heterocycles. The lowest BCUT2D eigenvalue weighted by molar-refractivity contribution is -0.132. The maximum atomic E-state index is 14.0. The Kier molecular flexibility index (Phi) is 9.43. The van der Waals surface area contributed by atoms with Crippen LogP contribution in [0, 0.1) is 5.41 Å². The molecule has 1 N–H and O–H groups in total. The number of pyridine rings is 1. The molecule has 1 atom stereocenters. The minimum atomic E-state index is -0.468. The van der Waals surface area contributed by atoms with Crippen molar-refractivity contribution in [3.05, 3.63) is 78.0 Å². The molecule has 2 fully saturated rings. The number of H-pyrrole nitrogens is 1. The van der Waals surface area contributed by atoms with Gasteiger partial charge in [-0.15, -0.1) is 0 Å². The van der Waals surface area contributed by atoms with Gasteiger partial charge in [-0.05, 0) is 81.8 Å². The topological polar surface area (TPSA) is 123 Å². The molecule has 51 heavy (non-hydrogen) atoms. The molecule has 0 bridgehead atoms. The van der Waals surface area contributed by atoms with Crippen LogP contribution in [-0.2, 0) is 9.59 Å². The van der Waals surface area contributed by atoms with Crippen molar-refractivity contribution in [2.45, 2.75) is 39.2 Å². The number of fused-ring (bicyclic) bond motifs is 1. The molecule has 12 heteroatoms. The number of hydrogen-bond donors (Lipinski definition) is 1. The van der Waals surface area contributed by atoms with Crippen LogP contribution in [-0.4, -0.2) is 114 Å². The minimum Gasteiger partial charge on any atom is -0.475 e. The zero-order valence-electron chi connectivity index (χ0n) is 29.8. The van der Waals surface area contributed by atoms with E-state index in [-0.39, 0.29) is 17.9 Å². The van der Waals surface area contributed by atoms with E-state index in [1.807, 2.05) is 80.2 Å². The number of nitrogens with one attached hydrogen (secondary N) is 1. The molecule has 4 aromatic rings. The second-order valence-electron chi connectivity index (χ2n) is 14.1. The van der Waals surface area contributed by atoms with Crippen molar-refractivity contribution in [3.63, 3.8) is 0 Å². The fourth-order valence-electron chi connectivity index (χ4n) is 7.41. The molecule has 2 amide bonds. The average Bonchev–Trinajstić information content (AvgIpc) is 3.84. The van der Waals surface area contributed by atoms with Gasteiger partial charge in [0.25, 0.3) is 0 Å². The number of hydrazone groups is 1. The molecule has 0 radical (unpaired) electrons. The Hall–Kier alpha value is -5.36. The number of carbonyl (C=O) groups is 2. The number of aromatic nitrogens is 3. The summed E-state index contributed by atoms with van der Waals surface area (Å²) in [6.45, 7) is 11.1. The van der Waals surface area contributed by atoms with Crippen LogP contribution in [0.1, 0.15) is 44.2 Å².